The van der Waals surface area contributed by atoms with Gasteiger partial charge in [-0.15, -0.1) is 0 Å². The van der Waals surface area contributed by atoms with Gasteiger partial charge in [0.25, 0.3) is 0 Å². The van der Waals surface area contributed by atoms with Crippen molar-refractivity contribution in [1.29, 1.82) is 0 Å². The van der Waals surface area contributed by atoms with Crippen LogP contribution in [0.4, 0.5) is 8.78 Å². The van der Waals surface area contributed by atoms with Crippen molar-refractivity contribution in [3.05, 3.63) is 64.7 Å². The molecule has 2 amide bonds. The summed E-state index contributed by atoms with van der Waals surface area (Å²) in [4.78, 5) is 24.2. The Morgan fingerprint density at radius 3 is 2.44 bits per heavy atom. The van der Waals surface area contributed by atoms with E-state index in [0.29, 0.717) is 11.1 Å². The third-order valence-electron chi connectivity index (χ3n) is 3.73. The monoisotopic (exact) mass is 348 g/mol. The second kappa shape index (κ2) is 7.74. The fourth-order valence-electron chi connectivity index (χ4n) is 2.30. The van der Waals surface area contributed by atoms with E-state index in [1.54, 1.807) is 19.1 Å². The van der Waals surface area contributed by atoms with E-state index >= 15 is 0 Å². The molecule has 1 unspecified atom stereocenters. The van der Waals surface area contributed by atoms with Crippen LogP contribution in [0.2, 0.25) is 0 Å². The highest BCUT2D eigenvalue weighted by Crippen LogP contribution is 2.19. The van der Waals surface area contributed by atoms with Crippen molar-refractivity contribution in [1.82, 2.24) is 10.6 Å². The Morgan fingerprint density at radius 2 is 1.84 bits per heavy atom. The Kier molecular flexibility index (Phi) is 5.69. The number of halogens is 2. The quantitative estimate of drug-likeness (QED) is 0.775. The normalized spacial score (nSPS) is 11.7. The molecule has 2 aromatic carbocycles. The molecule has 0 saturated heterocycles. The van der Waals surface area contributed by atoms with Gasteiger partial charge < -0.3 is 15.7 Å². The summed E-state index contributed by atoms with van der Waals surface area (Å²) < 4.78 is 26.5. The van der Waals surface area contributed by atoms with Crippen LogP contribution in [-0.4, -0.2) is 24.0 Å². The molecule has 2 aromatic rings. The van der Waals surface area contributed by atoms with Crippen molar-refractivity contribution < 1.29 is 23.5 Å². The largest absolute Gasteiger partial charge is 0.508 e. The number of phenolic OH excluding ortho intramolecular Hbond substituents is 1. The van der Waals surface area contributed by atoms with Crippen LogP contribution in [0.25, 0.3) is 0 Å². The van der Waals surface area contributed by atoms with Crippen molar-refractivity contribution in [2.75, 3.05) is 7.05 Å². The molecule has 132 valence electrons. The first-order chi connectivity index (χ1) is 11.8. The van der Waals surface area contributed by atoms with Gasteiger partial charge in [-0.25, -0.2) is 8.78 Å². The number of aryl methyl sites for hydroxylation is 1. The van der Waals surface area contributed by atoms with Gasteiger partial charge in [-0.05, 0) is 41.8 Å². The Bertz CT molecular complexity index is 809. The number of carbonyl (C=O) groups is 2. The Labute approximate surface area is 143 Å². The standard InChI is InChI=1S/C18H18F2N2O3/c1-10-3-4-11(7-15(10)23)8-16(24)22-17(18(25)21-2)12-5-6-13(19)14(20)9-12/h3-7,9,17,23H,8H2,1-2H3,(H,21,25)(H,22,24). The SMILES string of the molecule is CNC(=O)C(NC(=O)Cc1ccc(C)c(O)c1)c1ccc(F)c(F)c1. The molecule has 0 spiro atoms. The van der Waals surface area contributed by atoms with E-state index in [9.17, 15) is 23.5 Å². The van der Waals surface area contributed by atoms with Crippen molar-refractivity contribution in [3.63, 3.8) is 0 Å². The number of benzene rings is 2. The third-order valence-corrected chi connectivity index (χ3v) is 3.73. The van der Waals surface area contributed by atoms with Crippen LogP contribution < -0.4 is 10.6 Å². The van der Waals surface area contributed by atoms with Crippen molar-refractivity contribution >= 4 is 11.8 Å². The van der Waals surface area contributed by atoms with Crippen molar-refractivity contribution in [2.45, 2.75) is 19.4 Å². The van der Waals surface area contributed by atoms with Gasteiger partial charge in [-0.3, -0.25) is 9.59 Å². The molecule has 0 radical (unpaired) electrons. The second-order valence-electron chi connectivity index (χ2n) is 5.59. The molecular weight excluding hydrogens is 330 g/mol. The molecule has 0 saturated carbocycles. The zero-order chi connectivity index (χ0) is 18.6. The fourth-order valence-corrected chi connectivity index (χ4v) is 2.30. The summed E-state index contributed by atoms with van der Waals surface area (Å²) in [5.41, 5.74) is 1.36. The number of hydrogen-bond donors (Lipinski definition) is 3. The molecule has 2 rings (SSSR count). The average molecular weight is 348 g/mol. The van der Waals surface area contributed by atoms with Crippen LogP contribution in [0.3, 0.4) is 0 Å². The van der Waals surface area contributed by atoms with Gasteiger partial charge >= 0.3 is 0 Å². The number of carbonyl (C=O) groups excluding carboxylic acids is 2. The molecular formula is C18H18F2N2O3. The lowest BCUT2D eigenvalue weighted by Crippen LogP contribution is -2.39. The predicted molar refractivity (Wildman–Crippen MR) is 87.9 cm³/mol. The highest BCUT2D eigenvalue weighted by atomic mass is 19.2. The maximum Gasteiger partial charge on any atom is 0.246 e. The van der Waals surface area contributed by atoms with Crippen LogP contribution in [0.1, 0.15) is 22.7 Å². The minimum atomic E-state index is -1.16. The topological polar surface area (TPSA) is 78.4 Å². The molecule has 0 aliphatic heterocycles. The number of amides is 2. The number of nitrogens with one attached hydrogen (secondary N) is 2. The molecule has 5 nitrogen and oxygen atoms in total. The van der Waals surface area contributed by atoms with E-state index in [4.69, 9.17) is 0 Å². The minimum Gasteiger partial charge on any atom is -0.508 e. The second-order valence-corrected chi connectivity index (χ2v) is 5.59. The molecule has 0 aromatic heterocycles. The van der Waals surface area contributed by atoms with Gasteiger partial charge in [-0.2, -0.15) is 0 Å². The summed E-state index contributed by atoms with van der Waals surface area (Å²) in [6.07, 6.45) is -0.0784. The highest BCUT2D eigenvalue weighted by Gasteiger charge is 2.23. The van der Waals surface area contributed by atoms with Gasteiger partial charge in [0, 0.05) is 7.05 Å². The molecule has 0 aliphatic carbocycles. The maximum atomic E-state index is 13.4. The van der Waals surface area contributed by atoms with E-state index in [2.05, 4.69) is 10.6 Å². The molecule has 7 heteroatoms. The van der Waals surface area contributed by atoms with Crippen LogP contribution in [0.5, 0.6) is 5.75 Å². The van der Waals surface area contributed by atoms with Crippen molar-refractivity contribution in [3.8, 4) is 5.75 Å². The van der Waals surface area contributed by atoms with E-state index < -0.39 is 29.5 Å². The van der Waals surface area contributed by atoms with E-state index in [1.807, 2.05) is 0 Å². The van der Waals surface area contributed by atoms with Crippen molar-refractivity contribution in [2.24, 2.45) is 0 Å². The Hall–Kier alpha value is -2.96. The summed E-state index contributed by atoms with van der Waals surface area (Å²) in [6, 6.07) is 6.65. The van der Waals surface area contributed by atoms with Crippen LogP contribution in [0, 0.1) is 18.6 Å². The first-order valence-electron chi connectivity index (χ1n) is 7.56. The van der Waals surface area contributed by atoms with Gasteiger partial charge in [0.1, 0.15) is 11.8 Å². The summed E-state index contributed by atoms with van der Waals surface area (Å²) in [5, 5.41) is 14.5. The Morgan fingerprint density at radius 1 is 1.12 bits per heavy atom. The van der Waals surface area contributed by atoms with Crippen LogP contribution in [-0.2, 0) is 16.0 Å². The highest BCUT2D eigenvalue weighted by molar-refractivity contribution is 5.89. The number of phenols is 1. The zero-order valence-electron chi connectivity index (χ0n) is 13.8. The van der Waals surface area contributed by atoms with E-state index in [1.165, 1.54) is 19.2 Å². The minimum absolute atomic E-state index is 0.0637. The van der Waals surface area contributed by atoms with Gasteiger partial charge in [-0.1, -0.05) is 18.2 Å². The molecule has 25 heavy (non-hydrogen) atoms. The smallest absolute Gasteiger partial charge is 0.246 e. The lowest BCUT2D eigenvalue weighted by molar-refractivity contribution is -0.128. The van der Waals surface area contributed by atoms with Gasteiger partial charge in [0.15, 0.2) is 11.6 Å². The maximum absolute atomic E-state index is 13.4. The first kappa shape index (κ1) is 18.4. The first-order valence-corrected chi connectivity index (χ1v) is 7.56. The van der Waals surface area contributed by atoms with E-state index in [0.717, 1.165) is 12.1 Å². The van der Waals surface area contributed by atoms with E-state index in [-0.39, 0.29) is 17.7 Å². The van der Waals surface area contributed by atoms with Crippen LogP contribution >= 0.6 is 0 Å². The Balaban J connectivity index is 2.18. The van der Waals surface area contributed by atoms with Crippen LogP contribution in [0.15, 0.2) is 36.4 Å². The van der Waals surface area contributed by atoms with Gasteiger partial charge in [0.05, 0.1) is 6.42 Å². The summed E-state index contributed by atoms with van der Waals surface area (Å²) in [6.45, 7) is 1.73. The summed E-state index contributed by atoms with van der Waals surface area (Å²) >= 11 is 0. The molecule has 3 N–H and O–H groups in total. The number of rotatable bonds is 5. The fraction of sp³-hybridized carbons (Fsp3) is 0.222. The number of likely N-dealkylation sites (N-methyl/N-ethyl adjacent to an activating group) is 1. The predicted octanol–water partition coefficient (Wildman–Crippen LogP) is 2.12. The lowest BCUT2D eigenvalue weighted by Gasteiger charge is -2.18. The number of aromatic hydroxyl groups is 1. The average Bonchev–Trinajstić information content (AvgIpc) is 2.58. The molecule has 0 aliphatic rings. The molecule has 0 heterocycles. The zero-order valence-corrected chi connectivity index (χ0v) is 13.8. The lowest BCUT2D eigenvalue weighted by atomic mass is 10.0. The molecule has 0 fully saturated rings. The summed E-state index contributed by atoms with van der Waals surface area (Å²) in [5.74, 6) is -3.15. The third kappa shape index (κ3) is 4.53. The number of hydrogen-bond acceptors (Lipinski definition) is 3. The molecule has 0 bridgehead atoms. The van der Waals surface area contributed by atoms with Gasteiger partial charge in [0.2, 0.25) is 11.8 Å². The molecule has 1 atom stereocenters. The summed E-state index contributed by atoms with van der Waals surface area (Å²) in [7, 11) is 1.37.